The van der Waals surface area contributed by atoms with Crippen LogP contribution in [0, 0.1) is 5.92 Å². The highest BCUT2D eigenvalue weighted by atomic mass is 16.4. The maximum Gasteiger partial charge on any atom is 0.336 e. The number of aromatic nitrogens is 1. The van der Waals surface area contributed by atoms with Gasteiger partial charge in [-0.1, -0.05) is 30.3 Å². The number of carbonyl (C=O) groups excluding carboxylic acids is 1. The number of amides is 1. The van der Waals surface area contributed by atoms with Gasteiger partial charge < -0.3 is 15.1 Å². The molecule has 1 fully saturated rings. The molecule has 2 aromatic carbocycles. The molecular formula is C24H22N2O5. The van der Waals surface area contributed by atoms with E-state index in [-0.39, 0.29) is 23.9 Å². The largest absolute Gasteiger partial charge is 0.480 e. The third-order valence-electron chi connectivity index (χ3n) is 5.57. The Labute approximate surface area is 179 Å². The third kappa shape index (κ3) is 4.26. The van der Waals surface area contributed by atoms with Gasteiger partial charge >= 0.3 is 11.9 Å². The van der Waals surface area contributed by atoms with Gasteiger partial charge in [0.15, 0.2) is 0 Å². The fourth-order valence-electron chi connectivity index (χ4n) is 3.62. The summed E-state index contributed by atoms with van der Waals surface area (Å²) >= 11 is 0. The van der Waals surface area contributed by atoms with Gasteiger partial charge in [0.2, 0.25) is 5.91 Å². The van der Waals surface area contributed by atoms with E-state index in [2.05, 4.69) is 4.98 Å². The van der Waals surface area contributed by atoms with E-state index >= 15 is 0 Å². The van der Waals surface area contributed by atoms with Crippen LogP contribution >= 0.6 is 0 Å². The first kappa shape index (κ1) is 20.5. The van der Waals surface area contributed by atoms with E-state index in [4.69, 9.17) is 0 Å². The van der Waals surface area contributed by atoms with Crippen molar-refractivity contribution in [3.05, 3.63) is 65.7 Å². The van der Waals surface area contributed by atoms with Crippen LogP contribution in [-0.4, -0.2) is 44.0 Å². The quantitative estimate of drug-likeness (QED) is 0.604. The standard InChI is InChI=1S/C24H22N2O5/c1-14(23(28)29)26(22(27)16-7-8-16)13-15-6-10-20-17(12-15)9-11-21(25-20)18-4-2-3-5-19(18)24(30)31/h2-6,9-12,14,16H,7-8,13H2,1H3,(H,28,29)(H,30,31)/t14-/m0/s1. The van der Waals surface area contributed by atoms with Crippen LogP contribution in [0.1, 0.15) is 35.7 Å². The van der Waals surface area contributed by atoms with Crippen molar-refractivity contribution in [1.82, 2.24) is 9.88 Å². The number of hydrogen-bond acceptors (Lipinski definition) is 4. The van der Waals surface area contributed by atoms with Crippen molar-refractivity contribution in [3.8, 4) is 11.3 Å². The normalized spacial score (nSPS) is 14.2. The van der Waals surface area contributed by atoms with E-state index in [1.165, 1.54) is 11.8 Å². The van der Waals surface area contributed by atoms with E-state index in [9.17, 15) is 24.6 Å². The van der Waals surface area contributed by atoms with Crippen molar-refractivity contribution >= 4 is 28.7 Å². The molecule has 7 heteroatoms. The SMILES string of the molecule is C[C@@H](C(=O)O)N(Cc1ccc2nc(-c3ccccc3C(=O)O)ccc2c1)C(=O)C1CC1. The molecule has 1 aliphatic carbocycles. The molecule has 1 saturated carbocycles. The van der Waals surface area contributed by atoms with Gasteiger partial charge in [-0.05, 0) is 49.6 Å². The van der Waals surface area contributed by atoms with Crippen molar-refractivity contribution in [1.29, 1.82) is 0 Å². The number of aliphatic carboxylic acids is 1. The van der Waals surface area contributed by atoms with Crippen LogP contribution in [0.2, 0.25) is 0 Å². The van der Waals surface area contributed by atoms with Crippen LogP contribution in [0.25, 0.3) is 22.2 Å². The molecule has 31 heavy (non-hydrogen) atoms. The molecule has 0 radical (unpaired) electrons. The van der Waals surface area contributed by atoms with Crippen molar-refractivity contribution in [2.75, 3.05) is 0 Å². The Kier molecular flexibility index (Phi) is 5.42. The van der Waals surface area contributed by atoms with E-state index < -0.39 is 18.0 Å². The van der Waals surface area contributed by atoms with Gasteiger partial charge in [0.1, 0.15) is 6.04 Å². The van der Waals surface area contributed by atoms with Crippen molar-refractivity contribution < 1.29 is 24.6 Å². The molecule has 0 spiro atoms. The number of aromatic carboxylic acids is 1. The number of carbonyl (C=O) groups is 3. The molecular weight excluding hydrogens is 396 g/mol. The molecule has 2 N–H and O–H groups in total. The van der Waals surface area contributed by atoms with Crippen LogP contribution in [-0.2, 0) is 16.1 Å². The van der Waals surface area contributed by atoms with Crippen LogP contribution in [0.5, 0.6) is 0 Å². The minimum atomic E-state index is -1.03. The monoisotopic (exact) mass is 418 g/mol. The first-order valence-corrected chi connectivity index (χ1v) is 10.1. The third-order valence-corrected chi connectivity index (χ3v) is 5.57. The smallest absolute Gasteiger partial charge is 0.336 e. The fourth-order valence-corrected chi connectivity index (χ4v) is 3.62. The Morgan fingerprint density at radius 1 is 1.06 bits per heavy atom. The van der Waals surface area contributed by atoms with E-state index in [0.29, 0.717) is 16.8 Å². The first-order chi connectivity index (χ1) is 14.8. The summed E-state index contributed by atoms with van der Waals surface area (Å²) in [5.41, 5.74) is 2.78. The fraction of sp³-hybridized carbons (Fsp3) is 0.250. The van der Waals surface area contributed by atoms with E-state index in [1.807, 2.05) is 24.3 Å². The Hall–Kier alpha value is -3.74. The van der Waals surface area contributed by atoms with Crippen LogP contribution in [0.3, 0.4) is 0 Å². The van der Waals surface area contributed by atoms with Gasteiger partial charge in [0.05, 0.1) is 16.8 Å². The summed E-state index contributed by atoms with van der Waals surface area (Å²) in [5, 5.41) is 19.7. The second-order valence-corrected chi connectivity index (χ2v) is 7.83. The minimum Gasteiger partial charge on any atom is -0.480 e. The molecule has 158 valence electrons. The van der Waals surface area contributed by atoms with E-state index in [1.54, 1.807) is 30.3 Å². The second kappa shape index (κ2) is 8.18. The molecule has 3 aromatic rings. The number of carboxylic acid groups (broad SMARTS) is 2. The minimum absolute atomic E-state index is 0.0687. The molecule has 0 unspecified atom stereocenters. The lowest BCUT2D eigenvalue weighted by molar-refractivity contribution is -0.150. The summed E-state index contributed by atoms with van der Waals surface area (Å²) in [6.07, 6.45) is 1.62. The Balaban J connectivity index is 1.64. The number of benzene rings is 2. The average Bonchev–Trinajstić information content (AvgIpc) is 3.61. The lowest BCUT2D eigenvalue weighted by Gasteiger charge is -2.27. The second-order valence-electron chi connectivity index (χ2n) is 7.83. The predicted molar refractivity (Wildman–Crippen MR) is 115 cm³/mol. The lowest BCUT2D eigenvalue weighted by Crippen LogP contribution is -2.43. The summed E-state index contributed by atoms with van der Waals surface area (Å²) in [7, 11) is 0. The molecule has 4 rings (SSSR count). The van der Waals surface area contributed by atoms with Gasteiger partial charge in [0.25, 0.3) is 0 Å². The van der Waals surface area contributed by atoms with Gasteiger partial charge in [-0.3, -0.25) is 4.79 Å². The highest BCUT2D eigenvalue weighted by Crippen LogP contribution is 2.32. The highest BCUT2D eigenvalue weighted by Gasteiger charge is 2.37. The maximum atomic E-state index is 12.6. The van der Waals surface area contributed by atoms with Gasteiger partial charge in [-0.25, -0.2) is 14.6 Å². The Morgan fingerprint density at radius 2 is 1.81 bits per heavy atom. The molecule has 1 aromatic heterocycles. The Morgan fingerprint density at radius 3 is 2.48 bits per heavy atom. The number of rotatable bonds is 7. The van der Waals surface area contributed by atoms with Crippen molar-refractivity contribution in [2.45, 2.75) is 32.4 Å². The van der Waals surface area contributed by atoms with Crippen LogP contribution in [0.15, 0.2) is 54.6 Å². The molecule has 7 nitrogen and oxygen atoms in total. The first-order valence-electron chi connectivity index (χ1n) is 10.1. The summed E-state index contributed by atoms with van der Waals surface area (Å²) in [6.45, 7) is 1.74. The molecule has 1 heterocycles. The van der Waals surface area contributed by atoms with Gasteiger partial charge in [-0.2, -0.15) is 0 Å². The maximum absolute atomic E-state index is 12.6. The zero-order valence-electron chi connectivity index (χ0n) is 17.0. The highest BCUT2D eigenvalue weighted by molar-refractivity contribution is 5.96. The summed E-state index contributed by atoms with van der Waals surface area (Å²) < 4.78 is 0. The number of carboxylic acids is 2. The van der Waals surface area contributed by atoms with Crippen LogP contribution in [0.4, 0.5) is 0 Å². The van der Waals surface area contributed by atoms with Crippen molar-refractivity contribution in [2.24, 2.45) is 5.92 Å². The molecule has 0 bridgehead atoms. The van der Waals surface area contributed by atoms with Crippen LogP contribution < -0.4 is 0 Å². The topological polar surface area (TPSA) is 108 Å². The Bertz CT molecular complexity index is 1190. The van der Waals surface area contributed by atoms with Crippen molar-refractivity contribution in [3.63, 3.8) is 0 Å². The molecule has 1 atom stereocenters. The van der Waals surface area contributed by atoms with Gasteiger partial charge in [-0.15, -0.1) is 0 Å². The molecule has 1 aliphatic rings. The number of nitrogens with zero attached hydrogens (tertiary/aromatic N) is 2. The van der Waals surface area contributed by atoms with E-state index in [0.717, 1.165) is 23.8 Å². The number of pyridine rings is 1. The summed E-state index contributed by atoms with van der Waals surface area (Å²) in [4.78, 5) is 41.6. The van der Waals surface area contributed by atoms with Gasteiger partial charge in [0, 0.05) is 23.4 Å². The molecule has 1 amide bonds. The lowest BCUT2D eigenvalue weighted by atomic mass is 10.0. The zero-order chi connectivity index (χ0) is 22.1. The summed E-state index contributed by atoms with van der Waals surface area (Å²) in [5.74, 6) is -2.23. The summed E-state index contributed by atoms with van der Waals surface area (Å²) in [6, 6.07) is 14.9. The predicted octanol–water partition coefficient (Wildman–Crippen LogP) is 3.81. The number of hydrogen-bond donors (Lipinski definition) is 2. The average molecular weight is 418 g/mol. The zero-order valence-corrected chi connectivity index (χ0v) is 17.0. The molecule has 0 saturated heterocycles. The number of fused-ring (bicyclic) bond motifs is 1. The molecule has 0 aliphatic heterocycles.